The molecule has 2 N–H and O–H groups in total. The zero-order valence-electron chi connectivity index (χ0n) is 22.6. The number of aryl methyl sites for hydroxylation is 2. The number of imide groups is 1. The van der Waals surface area contributed by atoms with Crippen molar-refractivity contribution in [2.24, 2.45) is 11.8 Å². The molecule has 6 heteroatoms. The number of para-hydroxylation sites is 1. The Labute approximate surface area is 233 Å². The number of carbonyl (C=O) groups is 3. The minimum atomic E-state index is -1.66. The molecule has 4 unspecified atom stereocenters. The van der Waals surface area contributed by atoms with Gasteiger partial charge in [-0.2, -0.15) is 0 Å². The van der Waals surface area contributed by atoms with Crippen LogP contribution in [0.1, 0.15) is 42.1 Å². The van der Waals surface area contributed by atoms with Crippen LogP contribution in [0.15, 0.2) is 91.0 Å². The Morgan fingerprint density at radius 1 is 0.825 bits per heavy atom. The van der Waals surface area contributed by atoms with E-state index in [1.165, 1.54) is 4.90 Å². The Morgan fingerprint density at radius 3 is 2.12 bits per heavy atom. The number of carboxylic acid groups (broad SMARTS) is 1. The van der Waals surface area contributed by atoms with Crippen molar-refractivity contribution < 1.29 is 19.5 Å². The summed E-state index contributed by atoms with van der Waals surface area (Å²) < 4.78 is 0. The van der Waals surface area contributed by atoms with Gasteiger partial charge in [-0.3, -0.25) is 19.7 Å². The summed E-state index contributed by atoms with van der Waals surface area (Å²) in [5.74, 6) is -3.85. The molecule has 6 nitrogen and oxygen atoms in total. The van der Waals surface area contributed by atoms with Gasteiger partial charge in [-0.1, -0.05) is 105 Å². The van der Waals surface area contributed by atoms with Crippen LogP contribution in [-0.2, 0) is 33.6 Å². The third-order valence-electron chi connectivity index (χ3n) is 8.71. The van der Waals surface area contributed by atoms with E-state index in [2.05, 4.69) is 5.32 Å². The lowest BCUT2D eigenvalue weighted by Crippen LogP contribution is -2.57. The van der Waals surface area contributed by atoms with E-state index in [-0.39, 0.29) is 12.3 Å². The summed E-state index contributed by atoms with van der Waals surface area (Å²) in [5, 5.41) is 16.2. The highest BCUT2D eigenvalue weighted by atomic mass is 16.4. The summed E-state index contributed by atoms with van der Waals surface area (Å²) in [6, 6.07) is 28.2. The van der Waals surface area contributed by atoms with Gasteiger partial charge in [0.05, 0.1) is 17.5 Å². The Morgan fingerprint density at radius 2 is 1.45 bits per heavy atom. The average molecular weight is 533 g/mol. The maximum absolute atomic E-state index is 14.5. The molecule has 2 aliphatic heterocycles. The van der Waals surface area contributed by atoms with E-state index in [1.807, 2.05) is 105 Å². The molecule has 0 aliphatic carbocycles. The zero-order chi connectivity index (χ0) is 28.0. The monoisotopic (exact) mass is 532 g/mol. The Hall–Kier alpha value is -4.29. The lowest BCUT2D eigenvalue weighted by Gasteiger charge is -2.32. The summed E-state index contributed by atoms with van der Waals surface area (Å²) in [6.07, 6.45) is 1.37. The number of fused-ring (bicyclic) bond motifs is 2. The quantitative estimate of drug-likeness (QED) is 0.308. The van der Waals surface area contributed by atoms with Crippen LogP contribution < -0.4 is 10.2 Å². The number of hydrogen-bond acceptors (Lipinski definition) is 4. The van der Waals surface area contributed by atoms with Crippen LogP contribution in [0.2, 0.25) is 0 Å². The van der Waals surface area contributed by atoms with Gasteiger partial charge in [0.25, 0.3) is 0 Å². The number of nitrogens with zero attached hydrogens (tertiary/aromatic N) is 1. The molecule has 40 heavy (non-hydrogen) atoms. The van der Waals surface area contributed by atoms with Crippen LogP contribution in [0, 0.1) is 11.8 Å². The number of hydrogen-bond donors (Lipinski definition) is 2. The van der Waals surface area contributed by atoms with Crippen molar-refractivity contribution in [1.29, 1.82) is 0 Å². The van der Waals surface area contributed by atoms with Gasteiger partial charge >= 0.3 is 5.97 Å². The number of carbonyl (C=O) groups excluding carboxylic acids is 2. The van der Waals surface area contributed by atoms with E-state index in [0.717, 1.165) is 33.0 Å². The lowest BCUT2D eigenvalue weighted by atomic mass is 9.76. The van der Waals surface area contributed by atoms with Crippen LogP contribution >= 0.6 is 0 Å². The van der Waals surface area contributed by atoms with Gasteiger partial charge in [0.1, 0.15) is 5.54 Å². The van der Waals surface area contributed by atoms with E-state index in [4.69, 9.17) is 0 Å². The summed E-state index contributed by atoms with van der Waals surface area (Å²) in [5.41, 5.74) is 2.37. The number of anilines is 1. The second-order valence-electron chi connectivity index (χ2n) is 10.8. The van der Waals surface area contributed by atoms with Crippen LogP contribution in [0.4, 0.5) is 5.69 Å². The first kappa shape index (κ1) is 26.0. The van der Waals surface area contributed by atoms with Crippen LogP contribution in [0.5, 0.6) is 0 Å². The van der Waals surface area contributed by atoms with Gasteiger partial charge in [0, 0.05) is 12.5 Å². The van der Waals surface area contributed by atoms with E-state index < -0.39 is 35.3 Å². The summed E-state index contributed by atoms with van der Waals surface area (Å²) in [7, 11) is 0. The molecular formula is C34H32N2O4. The number of rotatable bonds is 7. The number of carboxylic acids is 1. The molecule has 0 aromatic heterocycles. The topological polar surface area (TPSA) is 86.7 Å². The molecular weight excluding hydrogens is 500 g/mol. The molecule has 2 fully saturated rings. The third-order valence-corrected chi connectivity index (χ3v) is 8.71. The Kier molecular flexibility index (Phi) is 6.51. The number of amides is 2. The summed E-state index contributed by atoms with van der Waals surface area (Å²) >= 11 is 0. The first-order chi connectivity index (χ1) is 19.4. The normalized spacial score (nSPS) is 24.1. The van der Waals surface area contributed by atoms with E-state index in [0.29, 0.717) is 18.5 Å². The molecule has 2 heterocycles. The standard InChI is InChI=1S/C34H32N2O4/c1-3-22-15-10-16-23(4-2)30(22)36-31(37)27-28(32(36)38)34(33(39)40,20-21-12-6-5-7-13-21)35-29(27)26-19-11-17-24-14-8-9-18-25(24)26/h5-19,27-29,35H,3-4,20H2,1-2H3,(H,39,40). The first-order valence-electron chi connectivity index (χ1n) is 13.9. The fourth-order valence-electron chi connectivity index (χ4n) is 6.87. The van der Waals surface area contributed by atoms with Gasteiger partial charge in [-0.15, -0.1) is 0 Å². The van der Waals surface area contributed by atoms with E-state index in [1.54, 1.807) is 0 Å². The average Bonchev–Trinajstić information content (AvgIpc) is 3.46. The van der Waals surface area contributed by atoms with Gasteiger partial charge in [-0.05, 0) is 45.9 Å². The largest absolute Gasteiger partial charge is 0.480 e. The number of aliphatic carboxylic acids is 1. The molecule has 202 valence electrons. The third kappa shape index (κ3) is 3.86. The smallest absolute Gasteiger partial charge is 0.325 e. The van der Waals surface area contributed by atoms with Gasteiger partial charge < -0.3 is 5.11 Å². The molecule has 4 aromatic carbocycles. The number of nitrogens with one attached hydrogen (secondary N) is 1. The van der Waals surface area contributed by atoms with Crippen molar-refractivity contribution in [2.75, 3.05) is 4.90 Å². The Balaban J connectivity index is 1.58. The van der Waals surface area contributed by atoms with Gasteiger partial charge in [-0.25, -0.2) is 4.90 Å². The highest BCUT2D eigenvalue weighted by Gasteiger charge is 2.69. The molecule has 2 aliphatic rings. The van der Waals surface area contributed by atoms with Crippen molar-refractivity contribution in [3.05, 3.63) is 113 Å². The van der Waals surface area contributed by atoms with Crippen molar-refractivity contribution in [3.63, 3.8) is 0 Å². The fourth-order valence-corrected chi connectivity index (χ4v) is 6.87. The molecule has 0 bridgehead atoms. The summed E-state index contributed by atoms with van der Waals surface area (Å²) in [6.45, 7) is 4.00. The maximum atomic E-state index is 14.5. The van der Waals surface area contributed by atoms with E-state index in [9.17, 15) is 19.5 Å². The minimum absolute atomic E-state index is 0.0779. The molecule has 2 amide bonds. The predicted octanol–water partition coefficient (Wildman–Crippen LogP) is 5.48. The summed E-state index contributed by atoms with van der Waals surface area (Å²) in [4.78, 5) is 43.6. The first-order valence-corrected chi connectivity index (χ1v) is 13.9. The molecule has 2 saturated heterocycles. The molecule has 6 rings (SSSR count). The second kappa shape index (κ2) is 10.0. The van der Waals surface area contributed by atoms with Gasteiger partial charge in [0.2, 0.25) is 11.8 Å². The lowest BCUT2D eigenvalue weighted by molar-refractivity contribution is -0.148. The zero-order valence-corrected chi connectivity index (χ0v) is 22.6. The molecule has 0 spiro atoms. The molecule has 4 aromatic rings. The highest BCUT2D eigenvalue weighted by Crippen LogP contribution is 2.52. The predicted molar refractivity (Wildman–Crippen MR) is 155 cm³/mol. The van der Waals surface area contributed by atoms with Crippen molar-refractivity contribution in [1.82, 2.24) is 5.32 Å². The molecule has 4 atom stereocenters. The van der Waals surface area contributed by atoms with Crippen molar-refractivity contribution >= 4 is 34.2 Å². The van der Waals surface area contributed by atoms with Crippen LogP contribution in [0.3, 0.4) is 0 Å². The number of benzene rings is 4. The minimum Gasteiger partial charge on any atom is -0.480 e. The molecule has 0 saturated carbocycles. The van der Waals surface area contributed by atoms with Crippen LogP contribution in [0.25, 0.3) is 10.8 Å². The molecule has 0 radical (unpaired) electrons. The SMILES string of the molecule is CCc1cccc(CC)c1N1C(=O)C2C(c3cccc4ccccc34)NC(Cc3ccccc3)(C(=O)O)C2C1=O. The fraction of sp³-hybridized carbons (Fsp3) is 0.265. The Bertz CT molecular complexity index is 1600. The second-order valence-corrected chi connectivity index (χ2v) is 10.8. The maximum Gasteiger partial charge on any atom is 0.325 e. The van der Waals surface area contributed by atoms with Gasteiger partial charge in [0.15, 0.2) is 0 Å². The van der Waals surface area contributed by atoms with Crippen molar-refractivity contribution in [2.45, 2.75) is 44.7 Å². The van der Waals surface area contributed by atoms with Crippen molar-refractivity contribution in [3.8, 4) is 0 Å². The highest BCUT2D eigenvalue weighted by molar-refractivity contribution is 6.25. The van der Waals surface area contributed by atoms with E-state index >= 15 is 0 Å². The van der Waals surface area contributed by atoms with Crippen LogP contribution in [-0.4, -0.2) is 28.4 Å².